The fourth-order valence-corrected chi connectivity index (χ4v) is 3.94. The van der Waals surface area contributed by atoms with Gasteiger partial charge in [-0.1, -0.05) is 12.1 Å². The third-order valence-corrected chi connectivity index (χ3v) is 5.62. The summed E-state index contributed by atoms with van der Waals surface area (Å²) in [5, 5.41) is 1.06. The minimum absolute atomic E-state index is 0.406. The molecule has 1 fully saturated rings. The second-order valence-electron chi connectivity index (χ2n) is 7.51. The minimum Gasteiger partial charge on any atom is -0.368 e. The normalized spacial score (nSPS) is 14.1. The maximum Gasteiger partial charge on any atom is 0.248 e. The largest absolute Gasteiger partial charge is 0.368 e. The Labute approximate surface area is 180 Å². The number of carbonyl (C=O) groups is 1. The van der Waals surface area contributed by atoms with Gasteiger partial charge in [-0.25, -0.2) is 9.97 Å². The Hall–Kier alpha value is -4.00. The lowest BCUT2D eigenvalue weighted by Crippen LogP contribution is -2.47. The van der Waals surface area contributed by atoms with Crippen LogP contribution in [0.4, 0.5) is 11.5 Å². The lowest BCUT2D eigenvalue weighted by molar-refractivity contribution is 0.100. The van der Waals surface area contributed by atoms with Crippen molar-refractivity contribution in [2.75, 3.05) is 36.0 Å². The molecule has 4 aromatic rings. The van der Waals surface area contributed by atoms with Gasteiger partial charge in [-0.3, -0.25) is 9.78 Å². The lowest BCUT2D eigenvalue weighted by Gasteiger charge is -2.37. The number of hydrogen-bond acceptors (Lipinski definition) is 6. The van der Waals surface area contributed by atoms with Crippen LogP contribution >= 0.6 is 0 Å². The topological polar surface area (TPSA) is 88.2 Å². The number of hydrogen-bond donors (Lipinski definition) is 1. The molecule has 3 heterocycles. The highest BCUT2D eigenvalue weighted by molar-refractivity contribution is 5.93. The zero-order valence-electron chi connectivity index (χ0n) is 17.0. The molecule has 0 radical (unpaired) electrons. The Morgan fingerprint density at radius 2 is 1.48 bits per heavy atom. The summed E-state index contributed by atoms with van der Waals surface area (Å²) in [6, 6.07) is 19.5. The molecule has 0 saturated carbocycles. The van der Waals surface area contributed by atoms with E-state index in [1.807, 2.05) is 42.5 Å². The number of carbonyl (C=O) groups excluding carboxylic acids is 1. The van der Waals surface area contributed by atoms with E-state index >= 15 is 0 Å². The molecule has 2 N–H and O–H groups in total. The van der Waals surface area contributed by atoms with Gasteiger partial charge in [-0.05, 0) is 48.5 Å². The van der Waals surface area contributed by atoms with Crippen LogP contribution in [-0.2, 0) is 0 Å². The van der Waals surface area contributed by atoms with E-state index in [-0.39, 0.29) is 0 Å². The predicted octanol–water partition coefficient (Wildman–Crippen LogP) is 3.12. The Bertz CT molecular complexity index is 1220. The Kier molecular flexibility index (Phi) is 4.92. The molecule has 2 aromatic carbocycles. The van der Waals surface area contributed by atoms with Crippen molar-refractivity contribution in [2.24, 2.45) is 5.73 Å². The van der Waals surface area contributed by atoms with Gasteiger partial charge < -0.3 is 15.5 Å². The van der Waals surface area contributed by atoms with Gasteiger partial charge >= 0.3 is 0 Å². The van der Waals surface area contributed by atoms with E-state index in [0.717, 1.165) is 54.2 Å². The minimum atomic E-state index is -0.406. The summed E-state index contributed by atoms with van der Waals surface area (Å²) in [7, 11) is 0. The number of nitrogens with zero attached hydrogens (tertiary/aromatic N) is 5. The molecule has 1 amide bonds. The van der Waals surface area contributed by atoms with Crippen molar-refractivity contribution in [3.8, 4) is 11.4 Å². The van der Waals surface area contributed by atoms with Crippen LogP contribution in [0.1, 0.15) is 10.4 Å². The third-order valence-electron chi connectivity index (χ3n) is 5.62. The van der Waals surface area contributed by atoms with Crippen LogP contribution in [0.2, 0.25) is 0 Å². The first-order valence-electron chi connectivity index (χ1n) is 10.3. The maximum absolute atomic E-state index is 11.3. The average molecular weight is 410 g/mol. The molecule has 1 saturated heterocycles. The van der Waals surface area contributed by atoms with Crippen LogP contribution in [0, 0.1) is 0 Å². The first-order valence-corrected chi connectivity index (χ1v) is 10.3. The van der Waals surface area contributed by atoms with Gasteiger partial charge in [0.25, 0.3) is 0 Å². The molecule has 7 heteroatoms. The first-order chi connectivity index (χ1) is 15.2. The van der Waals surface area contributed by atoms with Crippen molar-refractivity contribution >= 4 is 28.3 Å². The summed E-state index contributed by atoms with van der Waals surface area (Å²) in [5.74, 6) is 1.26. The van der Waals surface area contributed by atoms with Crippen molar-refractivity contribution < 1.29 is 4.79 Å². The van der Waals surface area contributed by atoms with Crippen molar-refractivity contribution in [2.45, 2.75) is 0 Å². The second-order valence-corrected chi connectivity index (χ2v) is 7.51. The number of nitrogens with two attached hydrogens (primary N) is 1. The van der Waals surface area contributed by atoms with Crippen LogP contribution in [0.15, 0.2) is 73.1 Å². The standard InChI is InChI=1S/C24H22N6O/c25-22(31)17-5-7-19(8-6-17)29-13-15-30(16-14-29)24-20-3-1-2-4-21(20)27-23(28-24)18-9-11-26-12-10-18/h1-12H,13-16H2,(H2,25,31). The van der Waals surface area contributed by atoms with Gasteiger partial charge in [0.1, 0.15) is 5.82 Å². The SMILES string of the molecule is NC(=O)c1ccc(N2CCN(c3nc(-c4ccncc4)nc4ccccc34)CC2)cc1. The number of pyridine rings is 1. The van der Waals surface area contributed by atoms with Crippen molar-refractivity contribution in [1.29, 1.82) is 0 Å². The number of amides is 1. The number of benzene rings is 2. The van der Waals surface area contributed by atoms with Gasteiger partial charge in [0, 0.05) is 60.8 Å². The molecule has 0 bridgehead atoms. The van der Waals surface area contributed by atoms with Crippen LogP contribution < -0.4 is 15.5 Å². The lowest BCUT2D eigenvalue weighted by atomic mass is 10.1. The van der Waals surface area contributed by atoms with E-state index in [9.17, 15) is 4.79 Å². The zero-order chi connectivity index (χ0) is 21.2. The van der Waals surface area contributed by atoms with E-state index in [0.29, 0.717) is 11.4 Å². The molecule has 1 aliphatic rings. The predicted molar refractivity (Wildman–Crippen MR) is 122 cm³/mol. The summed E-state index contributed by atoms with van der Waals surface area (Å²) < 4.78 is 0. The maximum atomic E-state index is 11.3. The fourth-order valence-electron chi connectivity index (χ4n) is 3.94. The van der Waals surface area contributed by atoms with Crippen LogP contribution in [0.5, 0.6) is 0 Å². The van der Waals surface area contributed by atoms with Crippen molar-refractivity contribution in [1.82, 2.24) is 15.0 Å². The Morgan fingerprint density at radius 3 is 2.19 bits per heavy atom. The highest BCUT2D eigenvalue weighted by Crippen LogP contribution is 2.29. The average Bonchev–Trinajstić information content (AvgIpc) is 2.84. The van der Waals surface area contributed by atoms with E-state index in [2.05, 4.69) is 20.9 Å². The molecule has 1 aliphatic heterocycles. The van der Waals surface area contributed by atoms with Crippen LogP contribution in [0.25, 0.3) is 22.3 Å². The third kappa shape index (κ3) is 3.77. The zero-order valence-corrected chi connectivity index (χ0v) is 17.0. The molecule has 5 rings (SSSR count). The van der Waals surface area contributed by atoms with Crippen LogP contribution in [0.3, 0.4) is 0 Å². The summed E-state index contributed by atoms with van der Waals surface area (Å²) in [6.07, 6.45) is 3.52. The fraction of sp³-hybridized carbons (Fsp3) is 0.167. The molecule has 0 spiro atoms. The number of fused-ring (bicyclic) bond motifs is 1. The molecule has 31 heavy (non-hydrogen) atoms. The Balaban J connectivity index is 1.42. The highest BCUT2D eigenvalue weighted by Gasteiger charge is 2.21. The van der Waals surface area contributed by atoms with Gasteiger partial charge in [0.2, 0.25) is 5.91 Å². The monoisotopic (exact) mass is 410 g/mol. The Morgan fingerprint density at radius 1 is 0.806 bits per heavy atom. The molecule has 2 aromatic heterocycles. The highest BCUT2D eigenvalue weighted by atomic mass is 16.1. The van der Waals surface area contributed by atoms with Crippen molar-refractivity contribution in [3.05, 3.63) is 78.6 Å². The molecule has 7 nitrogen and oxygen atoms in total. The van der Waals surface area contributed by atoms with E-state index in [4.69, 9.17) is 15.7 Å². The number of aromatic nitrogens is 3. The van der Waals surface area contributed by atoms with Crippen LogP contribution in [-0.4, -0.2) is 47.0 Å². The number of primary amides is 1. The number of rotatable bonds is 4. The summed E-state index contributed by atoms with van der Waals surface area (Å²) in [6.45, 7) is 3.40. The van der Waals surface area contributed by atoms with Crippen molar-refractivity contribution in [3.63, 3.8) is 0 Å². The number of anilines is 2. The molecule has 0 aliphatic carbocycles. The first kappa shape index (κ1) is 19.0. The number of piperazine rings is 1. The van der Waals surface area contributed by atoms with E-state index in [1.165, 1.54) is 0 Å². The molecule has 0 unspecified atom stereocenters. The molecule has 154 valence electrons. The quantitative estimate of drug-likeness (QED) is 0.556. The number of para-hydroxylation sites is 1. The van der Waals surface area contributed by atoms with Gasteiger partial charge in [0.15, 0.2) is 5.82 Å². The van der Waals surface area contributed by atoms with E-state index in [1.54, 1.807) is 24.5 Å². The smallest absolute Gasteiger partial charge is 0.248 e. The second kappa shape index (κ2) is 8.02. The van der Waals surface area contributed by atoms with E-state index < -0.39 is 5.91 Å². The van der Waals surface area contributed by atoms with Gasteiger partial charge in [-0.15, -0.1) is 0 Å². The summed E-state index contributed by atoms with van der Waals surface area (Å²) >= 11 is 0. The van der Waals surface area contributed by atoms with Gasteiger partial charge in [0.05, 0.1) is 5.52 Å². The molecular formula is C24H22N6O. The van der Waals surface area contributed by atoms with Gasteiger partial charge in [-0.2, -0.15) is 0 Å². The summed E-state index contributed by atoms with van der Waals surface area (Å²) in [4.78, 5) is 29.8. The summed E-state index contributed by atoms with van der Waals surface area (Å²) in [5.41, 5.74) is 8.86. The molecular weight excluding hydrogens is 388 g/mol. The molecule has 0 atom stereocenters.